The monoisotopic (exact) mass is 505 g/mol. The van der Waals surface area contributed by atoms with E-state index < -0.39 is 4.92 Å². The third-order valence-electron chi connectivity index (χ3n) is 5.61. The third kappa shape index (κ3) is 4.74. The molecule has 190 valence electrons. The summed E-state index contributed by atoms with van der Waals surface area (Å²) in [6.07, 6.45) is 3.21. The van der Waals surface area contributed by atoms with Crippen LogP contribution in [0.4, 0.5) is 5.95 Å². The number of ketones is 1. The number of aryl methyl sites for hydroxylation is 1. The van der Waals surface area contributed by atoms with Gasteiger partial charge in [0.2, 0.25) is 11.5 Å². The van der Waals surface area contributed by atoms with Crippen molar-refractivity contribution in [1.29, 1.82) is 0 Å². The quantitative estimate of drug-likeness (QED) is 0.157. The Balaban J connectivity index is 1.68. The Morgan fingerprint density at radius 3 is 2.41 bits per heavy atom. The van der Waals surface area contributed by atoms with Crippen molar-refractivity contribution in [2.24, 2.45) is 0 Å². The average Bonchev–Trinajstić information content (AvgIpc) is 3.57. The van der Waals surface area contributed by atoms with Gasteiger partial charge in [0.25, 0.3) is 0 Å². The molecular formula is C25H23N5O7. The molecule has 1 N–H and O–H groups in total. The van der Waals surface area contributed by atoms with Crippen LogP contribution in [0.15, 0.2) is 36.7 Å². The molecule has 0 radical (unpaired) electrons. The SMILES string of the molecule is COc1cc(C(=O)c2[nH]nc3c(C#CCCn4ccnc4[N+](=O)[O-])c(OC)ccc23)cc(OC)c1OC. The van der Waals surface area contributed by atoms with Crippen LogP contribution in [0, 0.1) is 22.0 Å². The molecular weight excluding hydrogens is 482 g/mol. The van der Waals surface area contributed by atoms with E-state index in [1.165, 1.54) is 45.4 Å². The molecule has 0 aliphatic heterocycles. The molecule has 4 rings (SSSR count). The molecule has 0 fully saturated rings. The lowest BCUT2D eigenvalue weighted by molar-refractivity contribution is -0.396. The van der Waals surface area contributed by atoms with Crippen LogP contribution in [-0.2, 0) is 6.54 Å². The number of hydrogen-bond acceptors (Lipinski definition) is 9. The summed E-state index contributed by atoms with van der Waals surface area (Å²) in [5.74, 6) is 7.00. The molecule has 12 heteroatoms. The number of benzene rings is 2. The Morgan fingerprint density at radius 1 is 1.08 bits per heavy atom. The summed E-state index contributed by atoms with van der Waals surface area (Å²) in [6, 6.07) is 6.56. The minimum absolute atomic E-state index is 0.247. The summed E-state index contributed by atoms with van der Waals surface area (Å²) in [5, 5.41) is 18.7. The first-order chi connectivity index (χ1) is 17.9. The topological polar surface area (TPSA) is 144 Å². The van der Waals surface area contributed by atoms with E-state index in [4.69, 9.17) is 18.9 Å². The summed E-state index contributed by atoms with van der Waals surface area (Å²) in [4.78, 5) is 27.7. The molecule has 0 saturated carbocycles. The number of H-pyrrole nitrogens is 1. The first-order valence-electron chi connectivity index (χ1n) is 11.0. The normalized spacial score (nSPS) is 10.5. The molecule has 0 atom stereocenters. The molecule has 2 aromatic heterocycles. The standard InChI is InChI=1S/C25H23N5O7/c1-34-18-9-8-17-21(16(18)7-5-6-11-29-12-10-26-25(29)30(32)33)27-28-22(17)23(31)15-13-19(35-2)24(37-4)20(14-15)36-3/h8-10,12-14H,6,11H2,1-4H3,(H,27,28). The van der Waals surface area contributed by atoms with Gasteiger partial charge in [-0.3, -0.25) is 9.89 Å². The predicted molar refractivity (Wildman–Crippen MR) is 133 cm³/mol. The van der Waals surface area contributed by atoms with Crippen LogP contribution in [0.3, 0.4) is 0 Å². The van der Waals surface area contributed by atoms with Gasteiger partial charge in [-0.25, -0.2) is 4.57 Å². The highest BCUT2D eigenvalue weighted by Crippen LogP contribution is 2.39. The maximum atomic E-state index is 13.4. The van der Waals surface area contributed by atoms with Crippen molar-refractivity contribution in [2.75, 3.05) is 28.4 Å². The van der Waals surface area contributed by atoms with Gasteiger partial charge >= 0.3 is 5.95 Å². The van der Waals surface area contributed by atoms with Gasteiger partial charge in [-0.05, 0) is 29.2 Å². The second-order valence-corrected chi connectivity index (χ2v) is 7.61. The van der Waals surface area contributed by atoms with Crippen molar-refractivity contribution in [3.05, 3.63) is 63.6 Å². The summed E-state index contributed by atoms with van der Waals surface area (Å²) in [5.41, 5.74) is 1.51. The maximum Gasteiger partial charge on any atom is 0.434 e. The number of rotatable bonds is 9. The lowest BCUT2D eigenvalue weighted by atomic mass is 10.0. The molecule has 2 heterocycles. The van der Waals surface area contributed by atoms with E-state index in [1.54, 1.807) is 24.3 Å². The van der Waals surface area contributed by atoms with Crippen molar-refractivity contribution < 1.29 is 28.7 Å². The van der Waals surface area contributed by atoms with E-state index in [-0.39, 0.29) is 24.0 Å². The van der Waals surface area contributed by atoms with Gasteiger partial charge in [-0.15, -0.1) is 0 Å². The minimum Gasteiger partial charge on any atom is -0.495 e. The lowest BCUT2D eigenvalue weighted by Gasteiger charge is -2.13. The average molecular weight is 505 g/mol. The first kappa shape index (κ1) is 25.1. The van der Waals surface area contributed by atoms with E-state index in [2.05, 4.69) is 27.0 Å². The second kappa shape index (κ2) is 10.7. The van der Waals surface area contributed by atoms with E-state index in [9.17, 15) is 14.9 Å². The summed E-state index contributed by atoms with van der Waals surface area (Å²) >= 11 is 0. The summed E-state index contributed by atoms with van der Waals surface area (Å²) in [6.45, 7) is 0.285. The van der Waals surface area contributed by atoms with E-state index in [0.29, 0.717) is 51.4 Å². The molecule has 0 amide bonds. The Labute approximate surface area is 211 Å². The number of nitrogens with one attached hydrogen (secondary N) is 1. The molecule has 0 spiro atoms. The molecule has 4 aromatic rings. The Morgan fingerprint density at radius 2 is 1.78 bits per heavy atom. The highest BCUT2D eigenvalue weighted by molar-refractivity contribution is 6.16. The van der Waals surface area contributed by atoms with E-state index >= 15 is 0 Å². The van der Waals surface area contributed by atoms with Gasteiger partial charge in [-0.1, -0.05) is 16.8 Å². The largest absolute Gasteiger partial charge is 0.495 e. The van der Waals surface area contributed by atoms with Crippen LogP contribution < -0.4 is 18.9 Å². The molecule has 0 aliphatic rings. The number of fused-ring (bicyclic) bond motifs is 1. The van der Waals surface area contributed by atoms with Gasteiger partial charge in [0, 0.05) is 17.4 Å². The minimum atomic E-state index is -0.548. The van der Waals surface area contributed by atoms with Crippen LogP contribution in [0.5, 0.6) is 23.0 Å². The molecule has 0 aliphatic carbocycles. The number of carbonyl (C=O) groups excluding carboxylic acids is 1. The summed E-state index contributed by atoms with van der Waals surface area (Å²) in [7, 11) is 5.94. The molecule has 2 aromatic carbocycles. The molecule has 0 unspecified atom stereocenters. The highest BCUT2D eigenvalue weighted by atomic mass is 16.6. The zero-order valence-electron chi connectivity index (χ0n) is 20.5. The summed E-state index contributed by atoms with van der Waals surface area (Å²) < 4.78 is 22.9. The number of hydrogen-bond donors (Lipinski definition) is 1. The number of ether oxygens (including phenoxy) is 4. The molecule has 37 heavy (non-hydrogen) atoms. The van der Waals surface area contributed by atoms with Gasteiger partial charge in [-0.2, -0.15) is 5.10 Å². The van der Waals surface area contributed by atoms with Crippen molar-refractivity contribution in [2.45, 2.75) is 13.0 Å². The van der Waals surface area contributed by atoms with Crippen molar-refractivity contribution >= 4 is 22.6 Å². The number of imidazole rings is 1. The van der Waals surface area contributed by atoms with Crippen molar-refractivity contribution in [3.63, 3.8) is 0 Å². The highest BCUT2D eigenvalue weighted by Gasteiger charge is 2.22. The first-order valence-corrected chi connectivity index (χ1v) is 11.0. The number of methoxy groups -OCH3 is 4. The molecule has 0 bridgehead atoms. The fourth-order valence-electron chi connectivity index (χ4n) is 3.86. The fourth-order valence-corrected chi connectivity index (χ4v) is 3.86. The maximum absolute atomic E-state index is 13.4. The van der Waals surface area contributed by atoms with Crippen LogP contribution in [-0.4, -0.2) is 58.9 Å². The number of nitro groups is 1. The number of nitrogens with zero attached hydrogens (tertiary/aromatic N) is 4. The third-order valence-corrected chi connectivity index (χ3v) is 5.61. The number of aromatic nitrogens is 4. The smallest absolute Gasteiger partial charge is 0.434 e. The Hall–Kier alpha value is -5.05. The fraction of sp³-hybridized carbons (Fsp3) is 0.240. The van der Waals surface area contributed by atoms with Crippen molar-refractivity contribution in [1.82, 2.24) is 19.7 Å². The lowest BCUT2D eigenvalue weighted by Crippen LogP contribution is -2.05. The molecule has 12 nitrogen and oxygen atoms in total. The van der Waals surface area contributed by atoms with Crippen LogP contribution >= 0.6 is 0 Å². The van der Waals surface area contributed by atoms with E-state index in [0.717, 1.165) is 0 Å². The Kier molecular flexibility index (Phi) is 7.24. The predicted octanol–water partition coefficient (Wildman–Crippen LogP) is 3.37. The van der Waals surface area contributed by atoms with Crippen molar-refractivity contribution in [3.8, 4) is 34.8 Å². The van der Waals surface area contributed by atoms with Gasteiger partial charge in [0.05, 0.1) is 40.5 Å². The van der Waals surface area contributed by atoms with Crippen LogP contribution in [0.1, 0.15) is 28.0 Å². The van der Waals surface area contributed by atoms with Gasteiger partial charge in [0.15, 0.2) is 11.5 Å². The molecule has 0 saturated heterocycles. The number of carbonyl (C=O) groups is 1. The number of aromatic amines is 1. The van der Waals surface area contributed by atoms with E-state index in [1.807, 2.05) is 0 Å². The van der Waals surface area contributed by atoms with Crippen LogP contribution in [0.2, 0.25) is 0 Å². The van der Waals surface area contributed by atoms with Crippen LogP contribution in [0.25, 0.3) is 10.9 Å². The zero-order chi connectivity index (χ0) is 26.5. The Bertz CT molecular complexity index is 1520. The van der Waals surface area contributed by atoms with Gasteiger partial charge in [0.1, 0.15) is 29.4 Å². The second-order valence-electron chi connectivity index (χ2n) is 7.61. The van der Waals surface area contributed by atoms with Gasteiger partial charge < -0.3 is 29.1 Å². The zero-order valence-corrected chi connectivity index (χ0v) is 20.5.